The zero-order valence-electron chi connectivity index (χ0n) is 11.9. The van der Waals surface area contributed by atoms with E-state index in [9.17, 15) is 26.2 Å². The van der Waals surface area contributed by atoms with Crippen LogP contribution in [0.15, 0.2) is 0 Å². The van der Waals surface area contributed by atoms with Crippen LogP contribution in [0.4, 0.5) is 22.0 Å². The van der Waals surface area contributed by atoms with Crippen molar-refractivity contribution < 1.29 is 26.2 Å². The van der Waals surface area contributed by atoms with Crippen molar-refractivity contribution in [1.82, 2.24) is 5.32 Å². The smallest absolute Gasteiger partial charge is 0.314 e. The van der Waals surface area contributed by atoms with Gasteiger partial charge in [-0.1, -0.05) is 6.42 Å². The van der Waals surface area contributed by atoms with Gasteiger partial charge in [-0.15, -0.1) is 0 Å². The fourth-order valence-corrected chi connectivity index (χ4v) is 3.55. The highest BCUT2D eigenvalue weighted by Gasteiger charge is 2.56. The quantitative estimate of drug-likeness (QED) is 0.515. The van der Waals surface area contributed by atoms with Crippen LogP contribution >= 0.6 is 0 Å². The summed E-state index contributed by atoms with van der Waals surface area (Å²) in [7, 11) is -1.31. The summed E-state index contributed by atoms with van der Waals surface area (Å²) in [6.07, 6.45) is -2.22. The molecule has 1 heterocycles. The van der Waals surface area contributed by atoms with Crippen molar-refractivity contribution in [2.24, 2.45) is 0 Å². The molecule has 1 aliphatic heterocycles. The molecule has 1 saturated heterocycles. The lowest BCUT2D eigenvalue weighted by Gasteiger charge is -2.19. The van der Waals surface area contributed by atoms with Crippen molar-refractivity contribution in [2.45, 2.75) is 63.1 Å². The van der Waals surface area contributed by atoms with Crippen molar-refractivity contribution in [1.29, 1.82) is 0 Å². The highest BCUT2D eigenvalue weighted by molar-refractivity contribution is 7.84. The third kappa shape index (κ3) is 7.04. The van der Waals surface area contributed by atoms with E-state index in [0.29, 0.717) is 11.8 Å². The minimum Gasteiger partial charge on any atom is -0.314 e. The Morgan fingerprint density at radius 2 is 1.71 bits per heavy atom. The SMILES string of the molecule is O=S(CCCCC1CCCN1)CCCC(F)(F)C(F)(F)F. The average Bonchev–Trinajstić information content (AvgIpc) is 2.86. The number of hydrogen-bond acceptors (Lipinski definition) is 2. The molecule has 2 unspecified atom stereocenters. The zero-order chi connectivity index (χ0) is 15.9. The van der Waals surface area contributed by atoms with Crippen LogP contribution in [0.3, 0.4) is 0 Å². The second-order valence-corrected chi connectivity index (χ2v) is 7.14. The normalized spacial score (nSPS) is 21.7. The maximum absolute atomic E-state index is 12.6. The fourth-order valence-electron chi connectivity index (χ4n) is 2.36. The molecule has 0 aromatic heterocycles. The van der Waals surface area contributed by atoms with Gasteiger partial charge in [0.1, 0.15) is 0 Å². The Hall–Kier alpha value is -0.240. The van der Waals surface area contributed by atoms with E-state index in [-0.39, 0.29) is 12.2 Å². The highest BCUT2D eigenvalue weighted by atomic mass is 32.2. The van der Waals surface area contributed by atoms with E-state index >= 15 is 0 Å². The largest absolute Gasteiger partial charge is 0.453 e. The van der Waals surface area contributed by atoms with E-state index in [0.717, 1.165) is 32.2 Å². The van der Waals surface area contributed by atoms with E-state index in [1.165, 1.54) is 6.42 Å². The number of halogens is 5. The van der Waals surface area contributed by atoms with E-state index in [1.54, 1.807) is 0 Å². The van der Waals surface area contributed by atoms with Gasteiger partial charge in [0.05, 0.1) is 0 Å². The van der Waals surface area contributed by atoms with Crippen molar-refractivity contribution in [3.63, 3.8) is 0 Å². The standard InChI is InChI=1S/C13H22F5NOS/c14-12(15,13(16,17)18)7-4-10-21(20)9-2-1-5-11-6-3-8-19-11/h11,19H,1-10H2. The number of unbranched alkanes of at least 4 members (excludes halogenated alkanes) is 1. The van der Waals surface area contributed by atoms with Crippen LogP contribution in [0.2, 0.25) is 0 Å². The highest BCUT2D eigenvalue weighted by Crippen LogP contribution is 2.38. The predicted molar refractivity (Wildman–Crippen MR) is 73.0 cm³/mol. The summed E-state index contributed by atoms with van der Waals surface area (Å²) in [5, 5.41) is 3.34. The monoisotopic (exact) mass is 335 g/mol. The van der Waals surface area contributed by atoms with E-state index in [1.807, 2.05) is 0 Å². The van der Waals surface area contributed by atoms with Gasteiger partial charge < -0.3 is 5.32 Å². The first kappa shape index (κ1) is 18.8. The zero-order valence-corrected chi connectivity index (χ0v) is 12.7. The number of hydrogen-bond donors (Lipinski definition) is 1. The molecule has 1 fully saturated rings. The van der Waals surface area contributed by atoms with Crippen LogP contribution in [0, 0.1) is 0 Å². The van der Waals surface area contributed by atoms with Gasteiger partial charge in [0.2, 0.25) is 0 Å². The maximum atomic E-state index is 12.6. The maximum Gasteiger partial charge on any atom is 0.453 e. The molecule has 1 aliphatic rings. The molecule has 0 aliphatic carbocycles. The third-order valence-corrected chi connectivity index (χ3v) is 5.10. The molecule has 21 heavy (non-hydrogen) atoms. The minimum atomic E-state index is -5.51. The average molecular weight is 335 g/mol. The Bertz CT molecular complexity index is 329. The van der Waals surface area contributed by atoms with Crippen LogP contribution in [0.5, 0.6) is 0 Å². The van der Waals surface area contributed by atoms with Crippen molar-refractivity contribution in [3.05, 3.63) is 0 Å². The minimum absolute atomic E-state index is 0.0899. The van der Waals surface area contributed by atoms with Crippen LogP contribution < -0.4 is 5.32 Å². The van der Waals surface area contributed by atoms with E-state index in [2.05, 4.69) is 5.32 Å². The summed E-state index contributed by atoms with van der Waals surface area (Å²) in [5.74, 6) is -4.39. The lowest BCUT2D eigenvalue weighted by Crippen LogP contribution is -2.36. The molecule has 0 saturated carbocycles. The van der Waals surface area contributed by atoms with E-state index < -0.39 is 29.3 Å². The Labute approximate surface area is 124 Å². The number of alkyl halides is 5. The molecule has 0 bridgehead atoms. The Morgan fingerprint density at radius 1 is 1.05 bits per heavy atom. The molecule has 0 radical (unpaired) electrons. The molecule has 126 valence electrons. The summed E-state index contributed by atoms with van der Waals surface area (Å²) in [6.45, 7) is 1.03. The Kier molecular flexibility index (Phi) is 7.53. The molecule has 2 nitrogen and oxygen atoms in total. The van der Waals surface area contributed by atoms with E-state index in [4.69, 9.17) is 0 Å². The van der Waals surface area contributed by atoms with Crippen LogP contribution in [0.25, 0.3) is 0 Å². The number of nitrogens with one attached hydrogen (secondary N) is 1. The topological polar surface area (TPSA) is 29.1 Å². The lowest BCUT2D eigenvalue weighted by atomic mass is 10.1. The summed E-state index contributed by atoms with van der Waals surface area (Å²) in [4.78, 5) is 0. The Balaban J connectivity index is 2.06. The molecule has 0 spiro atoms. The first-order valence-corrected chi connectivity index (χ1v) is 8.74. The van der Waals surface area contributed by atoms with Crippen LogP contribution in [-0.4, -0.2) is 40.4 Å². The molecule has 2 atom stereocenters. The molecule has 0 aromatic carbocycles. The summed E-state index contributed by atoms with van der Waals surface area (Å²) < 4.78 is 72.6. The summed E-state index contributed by atoms with van der Waals surface area (Å²) >= 11 is 0. The first-order chi connectivity index (χ1) is 9.72. The van der Waals surface area contributed by atoms with Crippen molar-refractivity contribution in [2.75, 3.05) is 18.1 Å². The molecule has 1 N–H and O–H groups in total. The molecule has 0 aromatic rings. The van der Waals surface area contributed by atoms with Gasteiger partial charge in [0, 0.05) is 34.8 Å². The van der Waals surface area contributed by atoms with Gasteiger partial charge in [-0.25, -0.2) is 0 Å². The number of rotatable bonds is 9. The van der Waals surface area contributed by atoms with Gasteiger partial charge in [-0.3, -0.25) is 4.21 Å². The molecule has 1 rings (SSSR count). The van der Waals surface area contributed by atoms with Crippen LogP contribution in [0.1, 0.15) is 44.9 Å². The molecular formula is C13H22F5NOS. The third-order valence-electron chi connectivity index (χ3n) is 3.61. The van der Waals surface area contributed by atoms with Gasteiger partial charge >= 0.3 is 12.1 Å². The first-order valence-electron chi connectivity index (χ1n) is 7.25. The van der Waals surface area contributed by atoms with Gasteiger partial charge in [-0.05, 0) is 38.6 Å². The lowest BCUT2D eigenvalue weighted by molar-refractivity contribution is -0.284. The molecule has 8 heteroatoms. The second-order valence-electron chi connectivity index (χ2n) is 5.44. The molecule has 0 amide bonds. The summed E-state index contributed by atoms with van der Waals surface area (Å²) in [5.41, 5.74) is 0. The Morgan fingerprint density at radius 3 is 2.29 bits per heavy atom. The van der Waals surface area contributed by atoms with Crippen molar-refractivity contribution >= 4 is 10.8 Å². The van der Waals surface area contributed by atoms with Gasteiger partial charge in [-0.2, -0.15) is 22.0 Å². The van der Waals surface area contributed by atoms with Gasteiger partial charge in [0.15, 0.2) is 0 Å². The fraction of sp³-hybridized carbons (Fsp3) is 1.00. The van der Waals surface area contributed by atoms with Crippen molar-refractivity contribution in [3.8, 4) is 0 Å². The van der Waals surface area contributed by atoms with Gasteiger partial charge in [0.25, 0.3) is 0 Å². The van der Waals surface area contributed by atoms with Crippen LogP contribution in [-0.2, 0) is 10.8 Å². The molecular weight excluding hydrogens is 313 g/mol. The summed E-state index contributed by atoms with van der Waals surface area (Å²) in [6, 6.07) is 0.518. The predicted octanol–water partition coefficient (Wildman–Crippen LogP) is 3.64. The second kappa shape index (κ2) is 8.41.